The van der Waals surface area contributed by atoms with Crippen LogP contribution in [0.5, 0.6) is 0 Å². The molecule has 1 aromatic heterocycles. The van der Waals surface area contributed by atoms with Crippen molar-refractivity contribution in [2.75, 3.05) is 12.4 Å². The molecule has 0 aliphatic carbocycles. The van der Waals surface area contributed by atoms with Gasteiger partial charge in [-0.1, -0.05) is 25.1 Å². The van der Waals surface area contributed by atoms with Crippen molar-refractivity contribution >= 4 is 23.3 Å². The number of benzene rings is 1. The van der Waals surface area contributed by atoms with Gasteiger partial charge in [-0.15, -0.1) is 0 Å². The lowest BCUT2D eigenvalue weighted by molar-refractivity contribution is -0.384. The average Bonchev–Trinajstić information content (AvgIpc) is 2.49. The third-order valence-electron chi connectivity index (χ3n) is 2.90. The van der Waals surface area contributed by atoms with Crippen LogP contribution in [0.3, 0.4) is 0 Å². The van der Waals surface area contributed by atoms with Crippen molar-refractivity contribution in [1.82, 2.24) is 9.97 Å². The molecule has 0 aliphatic rings. The summed E-state index contributed by atoms with van der Waals surface area (Å²) in [6.07, 6.45) is 3.40. The molecule has 110 valence electrons. The number of anilines is 1. The van der Waals surface area contributed by atoms with E-state index in [0.29, 0.717) is 0 Å². The summed E-state index contributed by atoms with van der Waals surface area (Å²) in [5, 5.41) is 14.6. The minimum absolute atomic E-state index is 0.0896. The molecule has 0 atom stereocenters. The second-order valence-electron chi connectivity index (χ2n) is 4.36. The number of hydrogen-bond acceptors (Lipinski definition) is 6. The lowest BCUT2D eigenvalue weighted by atomic mass is 10.2. The predicted octanol–water partition coefficient (Wildman–Crippen LogP) is 3.53. The van der Waals surface area contributed by atoms with E-state index in [4.69, 9.17) is 0 Å². The van der Waals surface area contributed by atoms with E-state index >= 15 is 0 Å². The number of nitrogens with zero attached hydrogens (tertiary/aromatic N) is 3. The molecule has 7 heteroatoms. The minimum Gasteiger partial charge on any atom is -0.373 e. The van der Waals surface area contributed by atoms with Gasteiger partial charge in [0.05, 0.1) is 4.92 Å². The van der Waals surface area contributed by atoms with Crippen molar-refractivity contribution in [3.63, 3.8) is 0 Å². The van der Waals surface area contributed by atoms with Gasteiger partial charge < -0.3 is 5.32 Å². The van der Waals surface area contributed by atoms with Crippen molar-refractivity contribution in [3.8, 4) is 0 Å². The van der Waals surface area contributed by atoms with Gasteiger partial charge in [-0.3, -0.25) is 10.1 Å². The van der Waals surface area contributed by atoms with E-state index in [9.17, 15) is 10.1 Å². The molecule has 0 amide bonds. The number of nitrogens with one attached hydrogen (secondary N) is 1. The standard InChI is InChI=1S/C14H16N4O2S/c1-3-4-12-13(15-2)16-9-17-14(12)21-11-7-5-10(6-8-11)18(19)20/h5-9H,3-4H2,1-2H3,(H,15,16,17). The highest BCUT2D eigenvalue weighted by atomic mass is 32.2. The van der Waals surface area contributed by atoms with Crippen LogP contribution in [0.15, 0.2) is 40.5 Å². The fourth-order valence-corrected chi connectivity index (χ4v) is 2.84. The Bertz CT molecular complexity index is 631. The molecule has 0 bridgehead atoms. The van der Waals surface area contributed by atoms with Crippen LogP contribution in [0, 0.1) is 10.1 Å². The number of non-ortho nitro benzene ring substituents is 1. The summed E-state index contributed by atoms with van der Waals surface area (Å²) >= 11 is 1.49. The number of aromatic nitrogens is 2. The maximum Gasteiger partial charge on any atom is 0.269 e. The summed E-state index contributed by atoms with van der Waals surface area (Å²) < 4.78 is 0. The van der Waals surface area contributed by atoms with Crippen LogP contribution in [-0.2, 0) is 6.42 Å². The zero-order valence-corrected chi connectivity index (χ0v) is 12.7. The van der Waals surface area contributed by atoms with Crippen LogP contribution in [0.4, 0.5) is 11.5 Å². The predicted molar refractivity (Wildman–Crippen MR) is 82.8 cm³/mol. The molecule has 0 saturated heterocycles. The molecule has 0 radical (unpaired) electrons. The number of hydrogen-bond donors (Lipinski definition) is 1. The van der Waals surface area contributed by atoms with Crippen molar-refractivity contribution in [2.24, 2.45) is 0 Å². The molecule has 0 fully saturated rings. The summed E-state index contributed by atoms with van der Waals surface area (Å²) in [7, 11) is 1.84. The van der Waals surface area contributed by atoms with Gasteiger partial charge in [0.2, 0.25) is 0 Å². The molecule has 21 heavy (non-hydrogen) atoms. The van der Waals surface area contributed by atoms with Crippen LogP contribution in [0.1, 0.15) is 18.9 Å². The molecule has 6 nitrogen and oxygen atoms in total. The summed E-state index contributed by atoms with van der Waals surface area (Å²) in [6, 6.07) is 6.48. The first-order valence-corrected chi connectivity index (χ1v) is 7.41. The summed E-state index contributed by atoms with van der Waals surface area (Å²) in [4.78, 5) is 19.7. The van der Waals surface area contributed by atoms with Crippen LogP contribution in [0.2, 0.25) is 0 Å². The Labute approximate surface area is 127 Å². The Morgan fingerprint density at radius 1 is 1.29 bits per heavy atom. The lowest BCUT2D eigenvalue weighted by Crippen LogP contribution is -2.02. The quantitative estimate of drug-likeness (QED) is 0.499. The Morgan fingerprint density at radius 3 is 2.57 bits per heavy atom. The molecule has 0 saturated carbocycles. The van der Waals surface area contributed by atoms with Crippen LogP contribution in [-0.4, -0.2) is 21.9 Å². The molecule has 2 rings (SSSR count). The first-order valence-electron chi connectivity index (χ1n) is 6.59. The van der Waals surface area contributed by atoms with E-state index in [1.54, 1.807) is 12.1 Å². The molecule has 2 aromatic rings. The fourth-order valence-electron chi connectivity index (χ4n) is 1.92. The molecule has 1 heterocycles. The van der Waals surface area contributed by atoms with E-state index in [0.717, 1.165) is 34.1 Å². The van der Waals surface area contributed by atoms with E-state index < -0.39 is 4.92 Å². The van der Waals surface area contributed by atoms with Crippen molar-refractivity contribution in [1.29, 1.82) is 0 Å². The zero-order chi connectivity index (χ0) is 15.2. The lowest BCUT2D eigenvalue weighted by Gasteiger charge is -2.11. The molecular formula is C14H16N4O2S. The maximum absolute atomic E-state index is 10.7. The molecule has 0 aliphatic heterocycles. The molecule has 1 aromatic carbocycles. The smallest absolute Gasteiger partial charge is 0.269 e. The van der Waals surface area contributed by atoms with Crippen LogP contribution in [0.25, 0.3) is 0 Å². The SMILES string of the molecule is CCCc1c(NC)ncnc1Sc1ccc([N+](=O)[O-])cc1. The van der Waals surface area contributed by atoms with Crippen LogP contribution < -0.4 is 5.32 Å². The highest BCUT2D eigenvalue weighted by Gasteiger charge is 2.12. The highest BCUT2D eigenvalue weighted by molar-refractivity contribution is 7.99. The number of nitro groups is 1. The molecule has 0 unspecified atom stereocenters. The summed E-state index contributed by atoms with van der Waals surface area (Å²) in [5.41, 5.74) is 1.16. The zero-order valence-electron chi connectivity index (χ0n) is 11.9. The number of nitro benzene ring substituents is 1. The van der Waals surface area contributed by atoms with E-state index in [-0.39, 0.29) is 5.69 Å². The first-order chi connectivity index (χ1) is 10.2. The maximum atomic E-state index is 10.7. The van der Waals surface area contributed by atoms with Crippen molar-refractivity contribution in [2.45, 2.75) is 29.7 Å². The third-order valence-corrected chi connectivity index (χ3v) is 3.96. The van der Waals surface area contributed by atoms with E-state index in [2.05, 4.69) is 22.2 Å². The third kappa shape index (κ3) is 3.69. The van der Waals surface area contributed by atoms with Gasteiger partial charge in [0.25, 0.3) is 5.69 Å². The Hall–Kier alpha value is -2.15. The topological polar surface area (TPSA) is 81.0 Å². The van der Waals surface area contributed by atoms with E-state index in [1.807, 2.05) is 7.05 Å². The van der Waals surface area contributed by atoms with E-state index in [1.165, 1.54) is 30.2 Å². The van der Waals surface area contributed by atoms with Gasteiger partial charge in [0.1, 0.15) is 17.2 Å². The van der Waals surface area contributed by atoms with Gasteiger partial charge in [-0.25, -0.2) is 9.97 Å². The molecule has 1 N–H and O–H groups in total. The minimum atomic E-state index is -0.402. The number of rotatable bonds is 6. The first kappa shape index (κ1) is 15.2. The Morgan fingerprint density at radius 2 is 2.00 bits per heavy atom. The van der Waals surface area contributed by atoms with Gasteiger partial charge in [0, 0.05) is 29.6 Å². The van der Waals surface area contributed by atoms with Crippen LogP contribution >= 0.6 is 11.8 Å². The normalized spacial score (nSPS) is 10.4. The monoisotopic (exact) mass is 304 g/mol. The molecule has 0 spiro atoms. The highest BCUT2D eigenvalue weighted by Crippen LogP contribution is 2.32. The van der Waals surface area contributed by atoms with Gasteiger partial charge in [-0.05, 0) is 18.6 Å². The van der Waals surface area contributed by atoms with Gasteiger partial charge in [-0.2, -0.15) is 0 Å². The molecular weight excluding hydrogens is 288 g/mol. The largest absolute Gasteiger partial charge is 0.373 e. The summed E-state index contributed by atoms with van der Waals surface area (Å²) in [5.74, 6) is 0.830. The second kappa shape index (κ2) is 7.03. The summed E-state index contributed by atoms with van der Waals surface area (Å²) in [6.45, 7) is 2.10. The van der Waals surface area contributed by atoms with Gasteiger partial charge in [0.15, 0.2) is 0 Å². The second-order valence-corrected chi connectivity index (χ2v) is 5.42. The fraction of sp³-hybridized carbons (Fsp3) is 0.286. The van der Waals surface area contributed by atoms with Gasteiger partial charge >= 0.3 is 0 Å². The van der Waals surface area contributed by atoms with Crippen molar-refractivity contribution in [3.05, 3.63) is 46.3 Å². The Kier molecular flexibility index (Phi) is 5.10. The Balaban J connectivity index is 2.28. The van der Waals surface area contributed by atoms with Crippen molar-refractivity contribution < 1.29 is 4.92 Å². The average molecular weight is 304 g/mol.